The van der Waals surface area contributed by atoms with Crippen LogP contribution in [0, 0.1) is 0 Å². The zero-order valence-corrected chi connectivity index (χ0v) is 23.8. The number of methoxy groups -OCH3 is 1. The van der Waals surface area contributed by atoms with E-state index in [0.29, 0.717) is 43.9 Å². The highest BCUT2D eigenvalue weighted by Crippen LogP contribution is 2.33. The zero-order chi connectivity index (χ0) is 29.2. The van der Waals surface area contributed by atoms with E-state index in [1.807, 2.05) is 66.9 Å². The monoisotopic (exact) mass is 554 g/mol. The number of hydrogen-bond donors (Lipinski definition) is 1. The van der Waals surface area contributed by atoms with Gasteiger partial charge in [-0.05, 0) is 55.2 Å². The Morgan fingerprint density at radius 3 is 2.41 bits per heavy atom. The molecule has 8 heteroatoms. The second-order valence-corrected chi connectivity index (χ2v) is 10.1. The highest BCUT2D eigenvalue weighted by Gasteiger charge is 2.24. The van der Waals surface area contributed by atoms with Gasteiger partial charge in [-0.15, -0.1) is 0 Å². The molecule has 1 aliphatic heterocycles. The number of nitrogens with one attached hydrogen (secondary N) is 1. The molecule has 3 aromatic rings. The first-order valence-corrected chi connectivity index (χ1v) is 13.7. The van der Waals surface area contributed by atoms with Gasteiger partial charge in [0.05, 0.1) is 18.8 Å². The minimum absolute atomic E-state index is 0.109. The molecule has 4 rings (SSSR count). The van der Waals surface area contributed by atoms with Gasteiger partial charge in [-0.3, -0.25) is 14.9 Å². The van der Waals surface area contributed by atoms with Crippen LogP contribution in [0.15, 0.2) is 79.0 Å². The number of carbonyl (C=O) groups is 3. The third-order valence-corrected chi connectivity index (χ3v) is 6.94. The van der Waals surface area contributed by atoms with Crippen molar-refractivity contribution in [1.82, 2.24) is 15.5 Å². The summed E-state index contributed by atoms with van der Waals surface area (Å²) in [5.74, 6) is 1.01. The number of ether oxygens (including phenoxy) is 2. The number of rotatable bonds is 14. The first-order valence-electron chi connectivity index (χ1n) is 13.7. The van der Waals surface area contributed by atoms with Gasteiger partial charge in [-0.1, -0.05) is 48.5 Å². The molecule has 8 nitrogen and oxygen atoms in total. The van der Waals surface area contributed by atoms with Crippen LogP contribution in [0.2, 0.25) is 0 Å². The van der Waals surface area contributed by atoms with Crippen LogP contribution in [0.1, 0.15) is 43.4 Å². The third-order valence-electron chi connectivity index (χ3n) is 6.94. The van der Waals surface area contributed by atoms with Crippen molar-refractivity contribution >= 4 is 28.9 Å². The molecule has 0 aromatic heterocycles. The van der Waals surface area contributed by atoms with Crippen molar-refractivity contribution in [1.29, 1.82) is 0 Å². The van der Waals surface area contributed by atoms with Gasteiger partial charge in [0, 0.05) is 43.8 Å². The predicted octanol–water partition coefficient (Wildman–Crippen LogP) is 4.81. The average molecular weight is 555 g/mol. The smallest absolute Gasteiger partial charge is 0.258 e. The number of benzene rings is 3. The Labute approximate surface area is 241 Å². The molecule has 0 spiro atoms. The summed E-state index contributed by atoms with van der Waals surface area (Å²) in [6.45, 7) is 3.57. The lowest BCUT2D eigenvalue weighted by Crippen LogP contribution is -2.46. The van der Waals surface area contributed by atoms with E-state index in [4.69, 9.17) is 9.47 Å². The number of para-hydroxylation sites is 2. The highest BCUT2D eigenvalue weighted by atomic mass is 16.5. The normalized spacial score (nSPS) is 12.4. The van der Waals surface area contributed by atoms with Crippen molar-refractivity contribution in [3.8, 4) is 11.5 Å². The fourth-order valence-electron chi connectivity index (χ4n) is 4.76. The van der Waals surface area contributed by atoms with Gasteiger partial charge in [0.25, 0.3) is 5.91 Å². The van der Waals surface area contributed by atoms with E-state index in [9.17, 15) is 14.4 Å². The average Bonchev–Trinajstić information content (AvgIpc) is 3.38. The lowest BCUT2D eigenvalue weighted by molar-refractivity contribution is -0.131. The van der Waals surface area contributed by atoms with E-state index in [1.54, 1.807) is 31.1 Å². The Kier molecular flexibility index (Phi) is 10.2. The van der Waals surface area contributed by atoms with Crippen molar-refractivity contribution in [2.24, 2.45) is 0 Å². The molecule has 213 valence electrons. The van der Waals surface area contributed by atoms with Gasteiger partial charge < -0.3 is 24.5 Å². The SMILES string of the molecule is COc1ccccc1CN(CC(CC1=C[N]c2ccccc21)NC(=O)COc1ccc(CCC(C)=O)cc1)C(C)=O. The molecule has 1 atom stereocenters. The van der Waals surface area contributed by atoms with Crippen LogP contribution in [-0.2, 0) is 27.3 Å². The summed E-state index contributed by atoms with van der Waals surface area (Å²) < 4.78 is 11.2. The number of carbonyl (C=O) groups excluding carboxylic acids is 3. The maximum Gasteiger partial charge on any atom is 0.258 e. The van der Waals surface area contributed by atoms with E-state index in [2.05, 4.69) is 10.6 Å². The number of nitrogens with zero attached hydrogens (tertiary/aromatic N) is 2. The van der Waals surface area contributed by atoms with E-state index in [1.165, 1.54) is 6.92 Å². The van der Waals surface area contributed by atoms with E-state index >= 15 is 0 Å². The summed E-state index contributed by atoms with van der Waals surface area (Å²) in [6.07, 6.45) is 3.48. The van der Waals surface area contributed by atoms with Crippen molar-refractivity contribution in [3.05, 3.63) is 95.7 Å². The maximum atomic E-state index is 13.1. The van der Waals surface area contributed by atoms with Crippen LogP contribution < -0.4 is 20.1 Å². The molecule has 2 amide bonds. The summed E-state index contributed by atoms with van der Waals surface area (Å²) in [4.78, 5) is 38.7. The molecule has 1 heterocycles. The quantitative estimate of drug-likeness (QED) is 0.308. The first kappa shape index (κ1) is 29.4. The van der Waals surface area contributed by atoms with Crippen molar-refractivity contribution in [2.75, 3.05) is 20.3 Å². The molecule has 1 radical (unpaired) electrons. The molecule has 1 N–H and O–H groups in total. The van der Waals surface area contributed by atoms with Gasteiger partial charge in [-0.25, -0.2) is 0 Å². The number of aryl methyl sites for hydroxylation is 1. The highest BCUT2D eigenvalue weighted by molar-refractivity contribution is 5.81. The number of fused-ring (bicyclic) bond motifs is 1. The Morgan fingerprint density at radius 1 is 0.951 bits per heavy atom. The molecule has 1 aliphatic rings. The second kappa shape index (κ2) is 14.2. The van der Waals surface area contributed by atoms with Crippen molar-refractivity contribution in [3.63, 3.8) is 0 Å². The van der Waals surface area contributed by atoms with Crippen LogP contribution >= 0.6 is 0 Å². The van der Waals surface area contributed by atoms with Crippen LogP contribution in [0.5, 0.6) is 11.5 Å². The van der Waals surface area contributed by atoms with Crippen LogP contribution in [0.3, 0.4) is 0 Å². The van der Waals surface area contributed by atoms with E-state index in [0.717, 1.165) is 28.0 Å². The molecule has 41 heavy (non-hydrogen) atoms. The Hall–Kier alpha value is -4.59. The van der Waals surface area contributed by atoms with E-state index < -0.39 is 0 Å². The molecular formula is C33H36N3O5. The van der Waals surface area contributed by atoms with Crippen molar-refractivity contribution < 1.29 is 23.9 Å². The van der Waals surface area contributed by atoms with Gasteiger partial charge >= 0.3 is 0 Å². The molecule has 3 aromatic carbocycles. The molecule has 0 saturated heterocycles. The minimum Gasteiger partial charge on any atom is -0.496 e. The molecule has 0 fully saturated rings. The number of hydrogen-bond acceptors (Lipinski definition) is 5. The second-order valence-electron chi connectivity index (χ2n) is 10.1. The van der Waals surface area contributed by atoms with Crippen LogP contribution in [0.4, 0.5) is 5.69 Å². The van der Waals surface area contributed by atoms with Crippen LogP contribution in [0.25, 0.3) is 5.57 Å². The molecule has 0 aliphatic carbocycles. The summed E-state index contributed by atoms with van der Waals surface area (Å²) in [7, 11) is 1.60. The van der Waals surface area contributed by atoms with Gasteiger partial charge in [-0.2, -0.15) is 0 Å². The van der Waals surface area contributed by atoms with Crippen molar-refractivity contribution in [2.45, 2.75) is 45.7 Å². The molecule has 0 saturated carbocycles. The summed E-state index contributed by atoms with van der Waals surface area (Å²) in [6, 6.07) is 22.5. The predicted molar refractivity (Wildman–Crippen MR) is 158 cm³/mol. The fourth-order valence-corrected chi connectivity index (χ4v) is 4.76. The Morgan fingerprint density at radius 2 is 1.68 bits per heavy atom. The van der Waals surface area contributed by atoms with Gasteiger partial charge in [0.1, 0.15) is 17.3 Å². The summed E-state index contributed by atoms with van der Waals surface area (Å²) >= 11 is 0. The zero-order valence-electron chi connectivity index (χ0n) is 23.8. The Bertz CT molecular complexity index is 1400. The Balaban J connectivity index is 1.44. The van der Waals surface area contributed by atoms with Crippen LogP contribution in [-0.4, -0.2) is 48.8 Å². The number of Topliss-reactive ketones (excluding diaryl/α,β-unsaturated/α-hetero) is 1. The molecular weight excluding hydrogens is 518 g/mol. The fraction of sp³-hybridized carbons (Fsp3) is 0.303. The summed E-state index contributed by atoms with van der Waals surface area (Å²) in [5.41, 5.74) is 4.82. The minimum atomic E-state index is -0.383. The van der Waals surface area contributed by atoms with Gasteiger partial charge in [0.2, 0.25) is 5.91 Å². The van der Waals surface area contributed by atoms with E-state index in [-0.39, 0.29) is 30.2 Å². The lowest BCUT2D eigenvalue weighted by Gasteiger charge is -2.28. The molecule has 1 unspecified atom stereocenters. The largest absolute Gasteiger partial charge is 0.496 e. The summed E-state index contributed by atoms with van der Waals surface area (Å²) in [5, 5.41) is 7.59. The maximum absolute atomic E-state index is 13.1. The molecule has 0 bridgehead atoms. The standard InChI is InChI=1S/C33H36N3O5/c1-23(37)12-13-25-14-16-29(17-15-25)41-22-33(39)35-28(18-27-19-34-31-10-6-5-9-30(27)31)21-36(24(2)38)20-26-8-4-7-11-32(26)40-3/h4-11,14-17,19,28H,12-13,18,20-22H2,1-3H3,(H,35,39). The topological polar surface area (TPSA) is 99.0 Å². The number of amides is 2. The lowest BCUT2D eigenvalue weighted by atomic mass is 9.99. The number of ketones is 1. The first-order chi connectivity index (χ1) is 19.8. The third kappa shape index (κ3) is 8.45. The van der Waals surface area contributed by atoms with Gasteiger partial charge in [0.15, 0.2) is 6.61 Å².